The van der Waals surface area contributed by atoms with Gasteiger partial charge in [-0.1, -0.05) is 30.3 Å². The Morgan fingerprint density at radius 1 is 1.31 bits per heavy atom. The monoisotopic (exact) mass is 355 g/mol. The van der Waals surface area contributed by atoms with E-state index in [0.29, 0.717) is 12.0 Å². The second-order valence-corrected chi connectivity index (χ2v) is 6.67. The van der Waals surface area contributed by atoms with Crippen LogP contribution in [0.15, 0.2) is 42.5 Å². The quantitative estimate of drug-likeness (QED) is 0.768. The highest BCUT2D eigenvalue weighted by atomic mass is 19.1. The highest BCUT2D eigenvalue weighted by molar-refractivity contribution is 6.00. The molecule has 1 aliphatic rings. The fourth-order valence-electron chi connectivity index (χ4n) is 3.23. The van der Waals surface area contributed by atoms with E-state index in [9.17, 15) is 14.0 Å². The Morgan fingerprint density at radius 2 is 2.08 bits per heavy atom. The first-order valence-electron chi connectivity index (χ1n) is 8.61. The van der Waals surface area contributed by atoms with Gasteiger partial charge >= 0.3 is 0 Å². The van der Waals surface area contributed by atoms with Crippen molar-refractivity contribution < 1.29 is 14.0 Å². The van der Waals surface area contributed by atoms with Crippen molar-refractivity contribution in [3.8, 4) is 0 Å². The highest BCUT2D eigenvalue weighted by Gasteiger charge is 2.28. The smallest absolute Gasteiger partial charge is 0.247 e. The molecule has 2 atom stereocenters. The molecule has 0 spiro atoms. The minimum atomic E-state index is -0.628. The molecular formula is C20H22FN3O2. The molecule has 4 N–H and O–H groups in total. The van der Waals surface area contributed by atoms with Crippen LogP contribution in [-0.4, -0.2) is 23.9 Å². The second-order valence-electron chi connectivity index (χ2n) is 6.67. The van der Waals surface area contributed by atoms with Gasteiger partial charge < -0.3 is 16.4 Å². The fourth-order valence-corrected chi connectivity index (χ4v) is 3.23. The van der Waals surface area contributed by atoms with Crippen molar-refractivity contribution in [1.82, 2.24) is 5.32 Å². The van der Waals surface area contributed by atoms with Gasteiger partial charge in [0.2, 0.25) is 11.8 Å². The average Bonchev–Trinajstić information content (AvgIpc) is 2.58. The topological polar surface area (TPSA) is 84.2 Å². The molecule has 0 aliphatic carbocycles. The van der Waals surface area contributed by atoms with E-state index in [-0.39, 0.29) is 30.5 Å². The Balaban J connectivity index is 1.59. The molecule has 136 valence electrons. The van der Waals surface area contributed by atoms with E-state index in [1.807, 2.05) is 25.1 Å². The molecule has 3 rings (SSSR count). The van der Waals surface area contributed by atoms with Gasteiger partial charge in [-0.05, 0) is 42.2 Å². The molecule has 0 bridgehead atoms. The summed E-state index contributed by atoms with van der Waals surface area (Å²) >= 11 is 0. The molecule has 0 fully saturated rings. The van der Waals surface area contributed by atoms with Crippen LogP contribution in [0.5, 0.6) is 0 Å². The molecule has 2 aromatic rings. The third-order valence-corrected chi connectivity index (χ3v) is 4.62. The van der Waals surface area contributed by atoms with E-state index in [2.05, 4.69) is 10.6 Å². The molecule has 1 heterocycles. The fraction of sp³-hybridized carbons (Fsp3) is 0.300. The van der Waals surface area contributed by atoms with Gasteiger partial charge in [-0.2, -0.15) is 0 Å². The number of hydrogen-bond acceptors (Lipinski definition) is 3. The minimum absolute atomic E-state index is 0.0265. The van der Waals surface area contributed by atoms with Gasteiger partial charge in [0, 0.05) is 24.6 Å². The first-order valence-corrected chi connectivity index (χ1v) is 8.61. The molecule has 0 saturated carbocycles. The lowest BCUT2D eigenvalue weighted by Gasteiger charge is -2.27. The summed E-state index contributed by atoms with van der Waals surface area (Å²) in [5, 5.41) is 5.57. The van der Waals surface area contributed by atoms with Gasteiger partial charge in [0.25, 0.3) is 0 Å². The SMILES string of the molecule is Cc1cccc2c1CC(NC(=O)CC(N)Cc1ccccc1F)C(=O)N2. The van der Waals surface area contributed by atoms with Gasteiger partial charge in [-0.15, -0.1) is 0 Å². The van der Waals surface area contributed by atoms with Gasteiger partial charge in [-0.25, -0.2) is 4.39 Å². The number of amides is 2. The molecular weight excluding hydrogens is 333 g/mol. The number of carbonyl (C=O) groups excluding carboxylic acids is 2. The number of halogens is 1. The molecule has 26 heavy (non-hydrogen) atoms. The van der Waals surface area contributed by atoms with E-state index in [0.717, 1.165) is 16.8 Å². The van der Waals surface area contributed by atoms with Crippen LogP contribution in [0.3, 0.4) is 0 Å². The zero-order valence-electron chi connectivity index (χ0n) is 14.6. The van der Waals surface area contributed by atoms with Crippen LogP contribution in [0.2, 0.25) is 0 Å². The lowest BCUT2D eigenvalue weighted by atomic mass is 9.94. The van der Waals surface area contributed by atoms with Crippen LogP contribution in [0.4, 0.5) is 10.1 Å². The summed E-state index contributed by atoms with van der Waals surface area (Å²) in [6.45, 7) is 1.97. The number of benzene rings is 2. The van der Waals surface area contributed by atoms with Crippen molar-refractivity contribution in [3.63, 3.8) is 0 Å². The van der Waals surface area contributed by atoms with Crippen molar-refractivity contribution in [2.24, 2.45) is 5.73 Å². The van der Waals surface area contributed by atoms with E-state index in [4.69, 9.17) is 5.73 Å². The van der Waals surface area contributed by atoms with Gasteiger partial charge in [0.15, 0.2) is 0 Å². The molecule has 6 heteroatoms. The number of rotatable bonds is 5. The normalized spacial score (nSPS) is 17.2. The third kappa shape index (κ3) is 4.08. The maximum atomic E-state index is 13.7. The lowest BCUT2D eigenvalue weighted by Crippen LogP contribution is -2.49. The maximum absolute atomic E-state index is 13.7. The van der Waals surface area contributed by atoms with Crippen LogP contribution < -0.4 is 16.4 Å². The van der Waals surface area contributed by atoms with Gasteiger partial charge in [0.05, 0.1) is 0 Å². The van der Waals surface area contributed by atoms with Crippen LogP contribution in [0, 0.1) is 12.7 Å². The lowest BCUT2D eigenvalue weighted by molar-refractivity contribution is -0.126. The van der Waals surface area contributed by atoms with Crippen LogP contribution in [0.25, 0.3) is 0 Å². The van der Waals surface area contributed by atoms with Crippen LogP contribution >= 0.6 is 0 Å². The Morgan fingerprint density at radius 3 is 2.85 bits per heavy atom. The summed E-state index contributed by atoms with van der Waals surface area (Å²) in [6, 6.07) is 10.9. The predicted octanol–water partition coefficient (Wildman–Crippen LogP) is 2.07. The first kappa shape index (κ1) is 18.1. The molecule has 0 radical (unpaired) electrons. The van der Waals surface area contributed by atoms with Crippen molar-refractivity contribution in [2.75, 3.05) is 5.32 Å². The summed E-state index contributed by atoms with van der Waals surface area (Å²) in [5.74, 6) is -0.882. The number of fused-ring (bicyclic) bond motifs is 1. The van der Waals surface area contributed by atoms with Crippen LogP contribution in [0.1, 0.15) is 23.1 Å². The zero-order valence-corrected chi connectivity index (χ0v) is 14.6. The van der Waals surface area contributed by atoms with Gasteiger partial charge in [-0.3, -0.25) is 9.59 Å². The Kier molecular flexibility index (Phi) is 5.32. The second kappa shape index (κ2) is 7.66. The predicted molar refractivity (Wildman–Crippen MR) is 98.1 cm³/mol. The standard InChI is InChI=1S/C20H22FN3O2/c1-12-5-4-8-17-15(12)11-18(20(26)24-17)23-19(25)10-14(22)9-13-6-2-3-7-16(13)21/h2-8,14,18H,9-11,22H2,1H3,(H,23,25)(H,24,26). The summed E-state index contributed by atoms with van der Waals surface area (Å²) in [4.78, 5) is 24.5. The van der Waals surface area contributed by atoms with Gasteiger partial charge in [0.1, 0.15) is 11.9 Å². The summed E-state index contributed by atoms with van der Waals surface area (Å²) < 4.78 is 13.7. The van der Waals surface area contributed by atoms with Crippen molar-refractivity contribution >= 4 is 17.5 Å². The van der Waals surface area contributed by atoms with Crippen molar-refractivity contribution in [2.45, 2.75) is 38.3 Å². The van der Waals surface area contributed by atoms with E-state index in [1.165, 1.54) is 6.07 Å². The largest absolute Gasteiger partial charge is 0.344 e. The Hall–Kier alpha value is -2.73. The molecule has 2 aromatic carbocycles. The van der Waals surface area contributed by atoms with E-state index >= 15 is 0 Å². The number of carbonyl (C=O) groups is 2. The molecule has 0 saturated heterocycles. The minimum Gasteiger partial charge on any atom is -0.344 e. The average molecular weight is 355 g/mol. The Bertz CT molecular complexity index is 838. The summed E-state index contributed by atoms with van der Waals surface area (Å²) in [6.07, 6.45) is 0.736. The van der Waals surface area contributed by atoms with Crippen molar-refractivity contribution in [3.05, 3.63) is 65.0 Å². The number of anilines is 1. The van der Waals surface area contributed by atoms with Crippen LogP contribution in [-0.2, 0) is 22.4 Å². The maximum Gasteiger partial charge on any atom is 0.247 e. The molecule has 2 amide bonds. The number of aryl methyl sites for hydroxylation is 1. The highest BCUT2D eigenvalue weighted by Crippen LogP contribution is 2.25. The molecule has 0 aromatic heterocycles. The molecule has 1 aliphatic heterocycles. The molecule has 5 nitrogen and oxygen atoms in total. The first-order chi connectivity index (χ1) is 12.4. The number of nitrogens with one attached hydrogen (secondary N) is 2. The summed E-state index contributed by atoms with van der Waals surface area (Å²) in [5.41, 5.74) is 9.34. The van der Waals surface area contributed by atoms with E-state index < -0.39 is 12.1 Å². The number of nitrogens with two attached hydrogens (primary N) is 1. The number of hydrogen-bond donors (Lipinski definition) is 3. The summed E-state index contributed by atoms with van der Waals surface area (Å²) in [7, 11) is 0. The Labute approximate surface area is 151 Å². The zero-order chi connectivity index (χ0) is 18.7. The molecule has 2 unspecified atom stereocenters. The van der Waals surface area contributed by atoms with Crippen molar-refractivity contribution in [1.29, 1.82) is 0 Å². The third-order valence-electron chi connectivity index (χ3n) is 4.62. The van der Waals surface area contributed by atoms with E-state index in [1.54, 1.807) is 18.2 Å².